The molecule has 2 rings (SSSR count). The van der Waals surface area contributed by atoms with E-state index in [1.165, 1.54) is 7.11 Å². The summed E-state index contributed by atoms with van der Waals surface area (Å²) in [4.78, 5) is 25.7. The third kappa shape index (κ3) is 2.96. The molecule has 1 unspecified atom stereocenters. The van der Waals surface area contributed by atoms with E-state index in [0.717, 1.165) is 5.56 Å². The average molecular weight is 292 g/mol. The smallest absolute Gasteiger partial charge is 0.310 e. The number of rotatable bonds is 3. The van der Waals surface area contributed by atoms with Crippen LogP contribution >= 0.6 is 12.2 Å². The van der Waals surface area contributed by atoms with Gasteiger partial charge in [-0.1, -0.05) is 24.4 Å². The molecule has 20 heavy (non-hydrogen) atoms. The Morgan fingerprint density at radius 3 is 2.45 bits per heavy atom. The highest BCUT2D eigenvalue weighted by molar-refractivity contribution is 7.80. The minimum Gasteiger partial charge on any atom is -0.469 e. The quantitative estimate of drug-likeness (QED) is 0.663. The Balaban J connectivity index is 2.05. The van der Waals surface area contributed by atoms with Gasteiger partial charge in [-0.3, -0.25) is 9.59 Å². The molecule has 1 aromatic rings. The fraction of sp³-hybridized carbons (Fsp3) is 0.357. The van der Waals surface area contributed by atoms with Crippen molar-refractivity contribution >= 4 is 29.1 Å². The van der Waals surface area contributed by atoms with Gasteiger partial charge in [0.05, 0.1) is 13.0 Å². The zero-order valence-corrected chi connectivity index (χ0v) is 12.0. The van der Waals surface area contributed by atoms with Crippen LogP contribution in [0.5, 0.6) is 0 Å². The minimum atomic E-state index is -0.260. The first-order valence-corrected chi connectivity index (χ1v) is 6.70. The van der Waals surface area contributed by atoms with Crippen molar-refractivity contribution in [2.45, 2.75) is 6.42 Å². The van der Waals surface area contributed by atoms with Crippen LogP contribution in [0.2, 0.25) is 0 Å². The van der Waals surface area contributed by atoms with Gasteiger partial charge in [-0.15, -0.1) is 0 Å². The molecule has 0 radical (unpaired) electrons. The number of methoxy groups -OCH3 is 1. The van der Waals surface area contributed by atoms with E-state index >= 15 is 0 Å². The van der Waals surface area contributed by atoms with Gasteiger partial charge < -0.3 is 15.4 Å². The highest BCUT2D eigenvalue weighted by Gasteiger charge is 2.31. The zero-order valence-electron chi connectivity index (χ0n) is 11.2. The molecule has 0 saturated carbocycles. The summed E-state index contributed by atoms with van der Waals surface area (Å²) in [5, 5.41) is 0. The zero-order chi connectivity index (χ0) is 14.7. The monoisotopic (exact) mass is 292 g/mol. The van der Waals surface area contributed by atoms with Crippen molar-refractivity contribution in [2.24, 2.45) is 11.7 Å². The number of carbonyl (C=O) groups excluding carboxylic acids is 2. The van der Waals surface area contributed by atoms with E-state index in [2.05, 4.69) is 0 Å². The van der Waals surface area contributed by atoms with Crippen LogP contribution in [-0.2, 0) is 9.53 Å². The van der Waals surface area contributed by atoms with Gasteiger partial charge in [0.25, 0.3) is 5.91 Å². The number of hydrogen-bond donors (Lipinski definition) is 1. The molecule has 1 aliphatic rings. The third-order valence-electron chi connectivity index (χ3n) is 3.43. The number of nitrogens with zero attached hydrogens (tertiary/aromatic N) is 1. The minimum absolute atomic E-state index is 0.0918. The SMILES string of the molecule is COC(=O)C1CCN(C(=O)c2ccc(C(N)=S)cc2)C1. The molecule has 0 aromatic heterocycles. The van der Waals surface area contributed by atoms with E-state index in [-0.39, 0.29) is 17.8 Å². The molecule has 6 heteroatoms. The lowest BCUT2D eigenvalue weighted by Gasteiger charge is -2.16. The Labute approximate surface area is 122 Å². The van der Waals surface area contributed by atoms with Crippen LogP contribution in [0.1, 0.15) is 22.3 Å². The van der Waals surface area contributed by atoms with Gasteiger partial charge in [-0.05, 0) is 18.6 Å². The lowest BCUT2D eigenvalue weighted by Crippen LogP contribution is -2.30. The number of esters is 1. The Kier molecular flexibility index (Phi) is 4.34. The van der Waals surface area contributed by atoms with Crippen molar-refractivity contribution < 1.29 is 14.3 Å². The second-order valence-electron chi connectivity index (χ2n) is 4.70. The van der Waals surface area contributed by atoms with Crippen molar-refractivity contribution in [3.05, 3.63) is 35.4 Å². The van der Waals surface area contributed by atoms with Gasteiger partial charge in [0.15, 0.2) is 0 Å². The summed E-state index contributed by atoms with van der Waals surface area (Å²) < 4.78 is 4.70. The summed E-state index contributed by atoms with van der Waals surface area (Å²) in [5.41, 5.74) is 6.81. The second kappa shape index (κ2) is 6.00. The molecule has 5 nitrogen and oxygen atoms in total. The highest BCUT2D eigenvalue weighted by atomic mass is 32.1. The molecule has 1 aliphatic heterocycles. The van der Waals surface area contributed by atoms with Gasteiger partial charge >= 0.3 is 5.97 Å². The summed E-state index contributed by atoms with van der Waals surface area (Å²) in [6.45, 7) is 0.970. The van der Waals surface area contributed by atoms with Gasteiger partial charge in [0.1, 0.15) is 4.99 Å². The first-order valence-electron chi connectivity index (χ1n) is 6.30. The van der Waals surface area contributed by atoms with Crippen molar-refractivity contribution in [3.63, 3.8) is 0 Å². The summed E-state index contributed by atoms with van der Waals surface area (Å²) in [7, 11) is 1.36. The maximum Gasteiger partial charge on any atom is 0.310 e. The molecule has 106 valence electrons. The largest absolute Gasteiger partial charge is 0.469 e. The average Bonchev–Trinajstić information content (AvgIpc) is 2.95. The molecule has 0 spiro atoms. The summed E-state index contributed by atoms with van der Waals surface area (Å²) in [5.74, 6) is -0.574. The molecule has 0 aliphatic carbocycles. The topological polar surface area (TPSA) is 72.6 Å². The predicted molar refractivity (Wildman–Crippen MR) is 78.4 cm³/mol. The van der Waals surface area contributed by atoms with E-state index in [1.807, 2.05) is 0 Å². The van der Waals surface area contributed by atoms with Crippen LogP contribution in [0.3, 0.4) is 0 Å². The van der Waals surface area contributed by atoms with Crippen molar-refractivity contribution in [1.82, 2.24) is 4.90 Å². The second-order valence-corrected chi connectivity index (χ2v) is 5.14. The summed E-state index contributed by atoms with van der Waals surface area (Å²) in [6, 6.07) is 6.84. The Bertz CT molecular complexity index is 542. The Morgan fingerprint density at radius 1 is 1.30 bits per heavy atom. The molecule has 1 saturated heterocycles. The number of hydrogen-bond acceptors (Lipinski definition) is 4. The van der Waals surface area contributed by atoms with Gasteiger partial charge in [-0.2, -0.15) is 0 Å². The molecule has 0 bridgehead atoms. The van der Waals surface area contributed by atoms with Gasteiger partial charge in [-0.25, -0.2) is 0 Å². The number of ether oxygens (including phenoxy) is 1. The van der Waals surface area contributed by atoms with Crippen molar-refractivity contribution in [1.29, 1.82) is 0 Å². The van der Waals surface area contributed by atoms with Gasteiger partial charge in [0, 0.05) is 24.2 Å². The molecule has 1 amide bonds. The molecular weight excluding hydrogens is 276 g/mol. The van der Waals surface area contributed by atoms with Crippen molar-refractivity contribution in [3.8, 4) is 0 Å². The Hall–Kier alpha value is -1.95. The fourth-order valence-electron chi connectivity index (χ4n) is 2.26. The number of carbonyl (C=O) groups is 2. The summed E-state index contributed by atoms with van der Waals surface area (Å²) in [6.07, 6.45) is 0.642. The number of likely N-dealkylation sites (tertiary alicyclic amines) is 1. The van der Waals surface area contributed by atoms with Gasteiger partial charge in [0.2, 0.25) is 0 Å². The van der Waals surface area contributed by atoms with E-state index in [0.29, 0.717) is 30.1 Å². The maximum atomic E-state index is 12.3. The molecule has 1 fully saturated rings. The van der Waals surface area contributed by atoms with E-state index < -0.39 is 0 Å². The number of nitrogens with two attached hydrogens (primary N) is 1. The third-order valence-corrected chi connectivity index (χ3v) is 3.66. The van der Waals surface area contributed by atoms with Crippen LogP contribution in [0, 0.1) is 5.92 Å². The maximum absolute atomic E-state index is 12.3. The summed E-state index contributed by atoms with van der Waals surface area (Å²) >= 11 is 4.87. The van der Waals surface area contributed by atoms with Crippen LogP contribution in [0.4, 0.5) is 0 Å². The lowest BCUT2D eigenvalue weighted by atomic mass is 10.1. The van der Waals surface area contributed by atoms with Crippen molar-refractivity contribution in [2.75, 3.05) is 20.2 Å². The normalized spacial score (nSPS) is 17.9. The first-order chi connectivity index (χ1) is 9.52. The lowest BCUT2D eigenvalue weighted by molar-refractivity contribution is -0.144. The standard InChI is InChI=1S/C14H16N2O3S/c1-19-14(18)11-6-7-16(8-11)13(17)10-4-2-9(3-5-10)12(15)20/h2-5,11H,6-8H2,1H3,(H2,15,20). The van der Waals surface area contributed by atoms with Crippen LogP contribution in [0.25, 0.3) is 0 Å². The number of thiocarbonyl (C=S) groups is 1. The predicted octanol–water partition coefficient (Wildman–Crippen LogP) is 0.956. The highest BCUT2D eigenvalue weighted by Crippen LogP contribution is 2.20. The van der Waals surface area contributed by atoms with E-state index in [1.54, 1.807) is 29.2 Å². The van der Waals surface area contributed by atoms with E-state index in [4.69, 9.17) is 22.7 Å². The molecule has 1 heterocycles. The van der Waals surface area contributed by atoms with Crippen LogP contribution in [-0.4, -0.2) is 42.0 Å². The Morgan fingerprint density at radius 2 is 1.90 bits per heavy atom. The molecule has 2 N–H and O–H groups in total. The molecular formula is C14H16N2O3S. The number of benzene rings is 1. The fourth-order valence-corrected chi connectivity index (χ4v) is 2.40. The number of amides is 1. The van der Waals surface area contributed by atoms with Crippen LogP contribution < -0.4 is 5.73 Å². The molecule has 1 atom stereocenters. The van der Waals surface area contributed by atoms with E-state index in [9.17, 15) is 9.59 Å². The van der Waals surface area contributed by atoms with Crippen LogP contribution in [0.15, 0.2) is 24.3 Å². The first kappa shape index (κ1) is 14.5. The molecule has 1 aromatic carbocycles.